The number of anilines is 1. The van der Waals surface area contributed by atoms with Crippen LogP contribution >= 0.6 is 11.8 Å². The molecule has 160 valence electrons. The molecule has 7 heteroatoms. The fourth-order valence-electron chi connectivity index (χ4n) is 4.58. The van der Waals surface area contributed by atoms with Crippen molar-refractivity contribution in [3.8, 4) is 6.08 Å². The number of para-hydroxylation sites is 1. The molecule has 1 atom stereocenters. The number of fused-ring (bicyclic) bond motifs is 3. The number of rotatable bonds is 6. The van der Waals surface area contributed by atoms with Crippen LogP contribution in [0, 0.1) is 5.92 Å². The summed E-state index contributed by atoms with van der Waals surface area (Å²) in [5.41, 5.74) is 1.67. The maximum Gasteiger partial charge on any atom is 0.394 e. The molecule has 0 saturated carbocycles. The predicted octanol–water partition coefficient (Wildman–Crippen LogP) is 4.58. The van der Waals surface area contributed by atoms with E-state index >= 15 is 0 Å². The normalized spacial score (nSPS) is 22.3. The molecule has 0 unspecified atom stereocenters. The number of ether oxygens (including phenoxy) is 1. The van der Waals surface area contributed by atoms with Crippen LogP contribution in [0.25, 0.3) is 0 Å². The third kappa shape index (κ3) is 4.20. The minimum atomic E-state index is 0.0582. The Morgan fingerprint density at radius 2 is 1.87 bits per heavy atom. The molecule has 2 aromatic carbocycles. The lowest BCUT2D eigenvalue weighted by Crippen LogP contribution is -2.59. The molecule has 0 aliphatic carbocycles. The van der Waals surface area contributed by atoms with Gasteiger partial charge < -0.3 is 19.0 Å². The lowest BCUT2D eigenvalue weighted by Gasteiger charge is -2.49. The van der Waals surface area contributed by atoms with Gasteiger partial charge in [0.1, 0.15) is 0 Å². The molecule has 3 aliphatic heterocycles. The molecule has 0 spiro atoms. The summed E-state index contributed by atoms with van der Waals surface area (Å²) in [5.74, 6) is 0.619. The first-order chi connectivity index (χ1) is 15.2. The second-order valence-electron chi connectivity index (χ2n) is 7.99. The van der Waals surface area contributed by atoms with Crippen LogP contribution in [0.2, 0.25) is 0 Å². The largest absolute Gasteiger partial charge is 0.453 e. The monoisotopic (exact) mass is 435 g/mol. The minimum Gasteiger partial charge on any atom is -0.453 e. The van der Waals surface area contributed by atoms with E-state index in [9.17, 15) is 4.79 Å². The zero-order valence-electron chi connectivity index (χ0n) is 17.4. The van der Waals surface area contributed by atoms with Crippen molar-refractivity contribution < 1.29 is 13.9 Å². The molecule has 31 heavy (non-hydrogen) atoms. The number of aromatic nitrogens is 1. The smallest absolute Gasteiger partial charge is 0.394 e. The Kier molecular flexibility index (Phi) is 5.70. The molecule has 1 amide bonds. The van der Waals surface area contributed by atoms with Crippen LogP contribution in [0.15, 0.2) is 75.2 Å². The fraction of sp³-hybridized carbons (Fsp3) is 0.333. The third-order valence-electron chi connectivity index (χ3n) is 6.16. The Balaban J connectivity index is 1.38. The molecule has 3 aromatic rings. The number of carbonyl (C=O) groups is 1. The topological polar surface area (TPSA) is 58.8 Å². The number of hydrogen-bond acceptors (Lipinski definition) is 6. The van der Waals surface area contributed by atoms with Gasteiger partial charge in [-0.2, -0.15) is 4.98 Å². The van der Waals surface area contributed by atoms with Crippen LogP contribution in [0.1, 0.15) is 23.2 Å². The number of amides is 1. The van der Waals surface area contributed by atoms with Crippen LogP contribution < -0.4 is 9.64 Å². The summed E-state index contributed by atoms with van der Waals surface area (Å²) < 4.78 is 10.5. The first kappa shape index (κ1) is 20.2. The van der Waals surface area contributed by atoms with Gasteiger partial charge >= 0.3 is 6.08 Å². The lowest BCUT2D eigenvalue weighted by atomic mass is 9.82. The van der Waals surface area contributed by atoms with Gasteiger partial charge in [0.25, 0.3) is 5.91 Å². The van der Waals surface area contributed by atoms with Crippen molar-refractivity contribution in [1.29, 1.82) is 0 Å². The molecule has 1 aromatic heterocycles. The maximum atomic E-state index is 13.7. The van der Waals surface area contributed by atoms with E-state index in [0.717, 1.165) is 43.1 Å². The molecule has 3 saturated heterocycles. The van der Waals surface area contributed by atoms with Crippen molar-refractivity contribution in [3.05, 3.63) is 66.4 Å². The highest BCUT2D eigenvalue weighted by atomic mass is 32.2. The van der Waals surface area contributed by atoms with Gasteiger partial charge in [-0.25, -0.2) is 0 Å². The van der Waals surface area contributed by atoms with Crippen LogP contribution in [0.3, 0.4) is 0 Å². The fourth-order valence-corrected chi connectivity index (χ4v) is 5.30. The van der Waals surface area contributed by atoms with Crippen molar-refractivity contribution >= 4 is 23.4 Å². The van der Waals surface area contributed by atoms with Crippen molar-refractivity contribution in [1.82, 2.24) is 9.88 Å². The first-order valence-electron chi connectivity index (χ1n) is 10.6. The number of piperidine rings is 3. The van der Waals surface area contributed by atoms with E-state index in [4.69, 9.17) is 9.15 Å². The van der Waals surface area contributed by atoms with Gasteiger partial charge in [-0.05, 0) is 68.2 Å². The van der Waals surface area contributed by atoms with E-state index in [1.165, 1.54) is 18.9 Å². The first-order valence-corrected chi connectivity index (χ1v) is 11.4. The summed E-state index contributed by atoms with van der Waals surface area (Å²) >= 11 is 1.45. The van der Waals surface area contributed by atoms with E-state index in [1.807, 2.05) is 59.5 Å². The van der Waals surface area contributed by atoms with Gasteiger partial charge in [0.2, 0.25) is 0 Å². The van der Waals surface area contributed by atoms with E-state index in [-0.39, 0.29) is 18.0 Å². The van der Waals surface area contributed by atoms with Gasteiger partial charge in [-0.15, -0.1) is 0 Å². The van der Waals surface area contributed by atoms with Gasteiger partial charge in [0.05, 0.1) is 19.3 Å². The summed E-state index contributed by atoms with van der Waals surface area (Å²) in [4.78, 5) is 23.2. The van der Waals surface area contributed by atoms with Crippen molar-refractivity contribution in [2.24, 2.45) is 5.92 Å². The number of nitrogens with zero attached hydrogens (tertiary/aromatic N) is 3. The van der Waals surface area contributed by atoms with E-state index < -0.39 is 0 Å². The number of carbonyl (C=O) groups excluding carboxylic acids is 1. The van der Waals surface area contributed by atoms with Crippen molar-refractivity contribution in [3.63, 3.8) is 0 Å². The molecule has 3 aliphatic rings. The van der Waals surface area contributed by atoms with Gasteiger partial charge in [-0.3, -0.25) is 4.79 Å². The zero-order chi connectivity index (χ0) is 21.2. The summed E-state index contributed by atoms with van der Waals surface area (Å²) in [6.45, 7) is 3.25. The molecular weight excluding hydrogens is 410 g/mol. The molecule has 2 bridgehead atoms. The second kappa shape index (κ2) is 8.77. The summed E-state index contributed by atoms with van der Waals surface area (Å²) in [5, 5.41) is 0.647. The minimum absolute atomic E-state index is 0.0582. The van der Waals surface area contributed by atoms with Gasteiger partial charge in [0, 0.05) is 22.7 Å². The molecule has 0 radical (unpaired) electrons. The summed E-state index contributed by atoms with van der Waals surface area (Å²) in [7, 11) is 1.52. The van der Waals surface area contributed by atoms with Crippen molar-refractivity contribution in [2.45, 2.75) is 28.9 Å². The van der Waals surface area contributed by atoms with Gasteiger partial charge in [0.15, 0.2) is 5.09 Å². The Morgan fingerprint density at radius 1 is 1.13 bits per heavy atom. The highest BCUT2D eigenvalue weighted by molar-refractivity contribution is 7.99. The summed E-state index contributed by atoms with van der Waals surface area (Å²) in [6, 6.07) is 18.0. The Labute approximate surface area is 186 Å². The molecule has 4 heterocycles. The van der Waals surface area contributed by atoms with Crippen LogP contribution in [0.4, 0.5) is 5.69 Å². The highest BCUT2D eigenvalue weighted by Gasteiger charge is 2.40. The number of benzene rings is 2. The average molecular weight is 436 g/mol. The number of methoxy groups -OCH3 is 1. The van der Waals surface area contributed by atoms with E-state index in [0.29, 0.717) is 16.6 Å². The molecule has 3 fully saturated rings. The summed E-state index contributed by atoms with van der Waals surface area (Å²) in [6.07, 6.45) is 4.20. The molecule has 6 nitrogen and oxygen atoms in total. The number of oxazole rings is 1. The maximum absolute atomic E-state index is 13.7. The van der Waals surface area contributed by atoms with Crippen LogP contribution in [-0.2, 0) is 0 Å². The third-order valence-corrected chi connectivity index (χ3v) is 7.06. The van der Waals surface area contributed by atoms with Crippen LogP contribution in [-0.4, -0.2) is 48.6 Å². The molecular formula is C24H25N3O3S. The quantitative estimate of drug-likeness (QED) is 0.565. The zero-order valence-corrected chi connectivity index (χ0v) is 18.3. The average Bonchev–Trinajstić information content (AvgIpc) is 3.29. The second-order valence-corrected chi connectivity index (χ2v) is 9.07. The van der Waals surface area contributed by atoms with E-state index in [2.05, 4.69) is 9.88 Å². The standard InChI is InChI=1S/C24H25N3O3S/c1-29-24-25-15-22(30-24)31-20-9-7-18(8-10-20)23(28)27(19-5-3-2-4-6-19)21-16-26-13-11-17(21)12-14-26/h2-10,15,17,21H,11-14,16H2,1H3/t21-/m0/s1. The number of hydrogen-bond donors (Lipinski definition) is 0. The van der Waals surface area contributed by atoms with Gasteiger partial charge in [-0.1, -0.05) is 30.0 Å². The SMILES string of the molecule is COc1ncc(Sc2ccc(C(=O)N(c3ccccc3)[C@H]3CN4CCC3CC4)cc2)o1. The lowest BCUT2D eigenvalue weighted by molar-refractivity contribution is 0.0734. The molecule has 0 N–H and O–H groups in total. The van der Waals surface area contributed by atoms with Crippen LogP contribution in [0.5, 0.6) is 6.08 Å². The Morgan fingerprint density at radius 3 is 2.48 bits per heavy atom. The van der Waals surface area contributed by atoms with Crippen molar-refractivity contribution in [2.75, 3.05) is 31.6 Å². The van der Waals surface area contributed by atoms with E-state index in [1.54, 1.807) is 6.20 Å². The molecule has 6 rings (SSSR count). The Hall–Kier alpha value is -2.77. The highest BCUT2D eigenvalue weighted by Crippen LogP contribution is 2.35. The Bertz CT molecular complexity index is 1030. The predicted molar refractivity (Wildman–Crippen MR) is 120 cm³/mol.